The van der Waals surface area contributed by atoms with Crippen LogP contribution in [0.3, 0.4) is 0 Å². The Bertz CT molecular complexity index is 1900. The van der Waals surface area contributed by atoms with Crippen LogP contribution in [0.25, 0.3) is 17.4 Å². The van der Waals surface area contributed by atoms with Crippen molar-refractivity contribution in [1.29, 1.82) is 0 Å². The molecule has 216 valence electrons. The maximum absolute atomic E-state index is 13.9. The van der Waals surface area contributed by atoms with Crippen molar-refractivity contribution in [1.82, 2.24) is 4.57 Å². The third-order valence-electron chi connectivity index (χ3n) is 6.80. The molecular formula is C31H28ClN3O6S. The first-order valence-electron chi connectivity index (χ1n) is 13.1. The third-order valence-corrected chi connectivity index (χ3v) is 8.11. The molecule has 42 heavy (non-hydrogen) atoms. The smallest absolute Gasteiger partial charge is 0.339 e. The van der Waals surface area contributed by atoms with Gasteiger partial charge in [-0.05, 0) is 61.9 Å². The number of esters is 2. The number of carbonyl (C=O) groups is 2. The first kappa shape index (κ1) is 29.1. The molecule has 3 heterocycles. The van der Waals surface area contributed by atoms with Gasteiger partial charge in [-0.25, -0.2) is 14.6 Å². The molecule has 2 aromatic heterocycles. The van der Waals surface area contributed by atoms with Crippen LogP contribution in [-0.2, 0) is 14.3 Å². The second-order valence-electron chi connectivity index (χ2n) is 9.68. The van der Waals surface area contributed by atoms with Crippen molar-refractivity contribution in [3.05, 3.63) is 107 Å². The van der Waals surface area contributed by atoms with E-state index in [1.807, 2.05) is 43.3 Å². The maximum atomic E-state index is 13.9. The average Bonchev–Trinajstić information content (AvgIpc) is 3.56. The fraction of sp³-hybridized carbons (Fsp3) is 0.226. The summed E-state index contributed by atoms with van der Waals surface area (Å²) in [7, 11) is 5.17. The van der Waals surface area contributed by atoms with E-state index in [1.165, 1.54) is 23.0 Å². The van der Waals surface area contributed by atoms with E-state index < -0.39 is 18.0 Å². The number of thiazole rings is 1. The minimum atomic E-state index is -0.711. The van der Waals surface area contributed by atoms with Crippen molar-refractivity contribution in [3.63, 3.8) is 0 Å². The summed E-state index contributed by atoms with van der Waals surface area (Å²) in [6, 6.07) is 15.4. The van der Waals surface area contributed by atoms with Crippen molar-refractivity contribution < 1.29 is 23.5 Å². The molecule has 0 radical (unpaired) electrons. The van der Waals surface area contributed by atoms with Gasteiger partial charge in [-0.3, -0.25) is 9.36 Å². The van der Waals surface area contributed by atoms with Crippen LogP contribution in [0.5, 0.6) is 0 Å². The molecule has 11 heteroatoms. The molecule has 0 bridgehead atoms. The number of aromatic nitrogens is 1. The summed E-state index contributed by atoms with van der Waals surface area (Å²) in [6.07, 6.45) is 1.64. The second-order valence-corrected chi connectivity index (χ2v) is 11.1. The fourth-order valence-electron chi connectivity index (χ4n) is 4.72. The molecule has 9 nitrogen and oxygen atoms in total. The summed E-state index contributed by atoms with van der Waals surface area (Å²) in [6.45, 7) is 3.68. The normalized spacial score (nSPS) is 14.8. The number of hydrogen-bond acceptors (Lipinski definition) is 9. The van der Waals surface area contributed by atoms with Crippen LogP contribution in [0.1, 0.15) is 41.6 Å². The molecule has 0 N–H and O–H groups in total. The van der Waals surface area contributed by atoms with Crippen molar-refractivity contribution in [2.24, 2.45) is 4.99 Å². The second kappa shape index (κ2) is 11.8. The lowest BCUT2D eigenvalue weighted by Gasteiger charge is -2.25. The number of methoxy groups -OCH3 is 1. The zero-order chi connectivity index (χ0) is 30.1. The van der Waals surface area contributed by atoms with E-state index >= 15 is 0 Å². The minimum Gasteiger partial charge on any atom is -0.465 e. The van der Waals surface area contributed by atoms with Gasteiger partial charge in [0.1, 0.15) is 11.5 Å². The molecule has 4 aromatic rings. The first-order valence-corrected chi connectivity index (χ1v) is 14.3. The number of allylic oxidation sites excluding steroid dienone is 1. The molecule has 0 saturated carbocycles. The van der Waals surface area contributed by atoms with Gasteiger partial charge in [-0.1, -0.05) is 35.1 Å². The molecule has 2 aromatic carbocycles. The van der Waals surface area contributed by atoms with Gasteiger partial charge in [0.05, 0.1) is 46.1 Å². The number of nitrogens with zero attached hydrogens (tertiary/aromatic N) is 3. The number of carbonyl (C=O) groups excluding carboxylic acids is 2. The predicted molar refractivity (Wildman–Crippen MR) is 162 cm³/mol. The van der Waals surface area contributed by atoms with E-state index in [4.69, 9.17) is 25.5 Å². The number of anilines is 1. The number of fused-ring (bicyclic) bond motifs is 1. The summed E-state index contributed by atoms with van der Waals surface area (Å²) in [5, 5.41) is 0.266. The minimum absolute atomic E-state index is 0.196. The Balaban J connectivity index is 1.60. The Kier molecular flexibility index (Phi) is 8.20. The molecule has 1 aliphatic rings. The molecule has 0 fully saturated rings. The zero-order valence-corrected chi connectivity index (χ0v) is 25.2. The van der Waals surface area contributed by atoms with Gasteiger partial charge in [0.15, 0.2) is 4.80 Å². The van der Waals surface area contributed by atoms with Crippen molar-refractivity contribution in [2.75, 3.05) is 32.7 Å². The Hall–Kier alpha value is -4.41. The number of rotatable bonds is 7. The number of halogens is 1. The highest BCUT2D eigenvalue weighted by Gasteiger charge is 2.33. The van der Waals surface area contributed by atoms with Crippen molar-refractivity contribution in [2.45, 2.75) is 19.9 Å². The molecule has 0 aliphatic carbocycles. The maximum Gasteiger partial charge on any atom is 0.339 e. The molecule has 0 saturated heterocycles. The topological polar surface area (TPSA) is 103 Å². The summed E-state index contributed by atoms with van der Waals surface area (Å²) in [5.74, 6) is -0.161. The predicted octanol–water partition coefficient (Wildman–Crippen LogP) is 4.56. The Morgan fingerprint density at radius 3 is 2.52 bits per heavy atom. The molecular weight excluding hydrogens is 578 g/mol. The van der Waals surface area contributed by atoms with Gasteiger partial charge in [0, 0.05) is 31.4 Å². The van der Waals surface area contributed by atoms with E-state index in [9.17, 15) is 14.4 Å². The number of furan rings is 1. The van der Waals surface area contributed by atoms with E-state index in [0.29, 0.717) is 37.7 Å². The third kappa shape index (κ3) is 5.43. The molecule has 1 atom stereocenters. The zero-order valence-electron chi connectivity index (χ0n) is 23.6. The molecule has 0 unspecified atom stereocenters. The van der Waals surface area contributed by atoms with Crippen LogP contribution >= 0.6 is 22.9 Å². The monoisotopic (exact) mass is 605 g/mol. The summed E-state index contributed by atoms with van der Waals surface area (Å²) in [5.41, 5.74) is 3.08. The van der Waals surface area contributed by atoms with E-state index in [-0.39, 0.29) is 22.8 Å². The molecule has 1 aliphatic heterocycles. The van der Waals surface area contributed by atoms with Gasteiger partial charge in [0.2, 0.25) is 0 Å². The van der Waals surface area contributed by atoms with Crippen LogP contribution in [0.2, 0.25) is 5.02 Å². The van der Waals surface area contributed by atoms with Gasteiger partial charge in [0.25, 0.3) is 5.56 Å². The lowest BCUT2D eigenvalue weighted by atomic mass is 9.95. The Morgan fingerprint density at radius 1 is 1.12 bits per heavy atom. The van der Waals surface area contributed by atoms with Crippen LogP contribution in [-0.4, -0.2) is 44.3 Å². The Labute approximate surface area is 250 Å². The van der Waals surface area contributed by atoms with E-state index in [0.717, 1.165) is 11.3 Å². The standard InChI is InChI=1S/C31H28ClN3O6S/c1-6-40-30(38)26-17(2)33-31-35(27(26)18-7-10-20(11-8-18)34(3)4)28(36)25(42-31)16-21-12-14-24(41-21)19-9-13-23(32)22(15-19)29(37)39-5/h7-16,27H,6H2,1-5H3/b25-16-/t27-/m0/s1. The number of hydrogen-bond donors (Lipinski definition) is 0. The van der Waals surface area contributed by atoms with Gasteiger partial charge >= 0.3 is 11.9 Å². The van der Waals surface area contributed by atoms with Gasteiger partial charge in [-0.15, -0.1) is 0 Å². The highest BCUT2D eigenvalue weighted by Crippen LogP contribution is 2.32. The SMILES string of the molecule is CCOC(=O)C1=C(C)N=c2s/c(=C\c3ccc(-c4ccc(Cl)c(C(=O)OC)c4)o3)c(=O)n2[C@H]1c1ccc(N(C)C)cc1. The van der Waals surface area contributed by atoms with Crippen LogP contribution in [0, 0.1) is 0 Å². The average molecular weight is 606 g/mol. The highest BCUT2D eigenvalue weighted by molar-refractivity contribution is 7.07. The van der Waals surface area contributed by atoms with E-state index in [1.54, 1.807) is 50.3 Å². The van der Waals surface area contributed by atoms with Crippen molar-refractivity contribution >= 4 is 46.6 Å². The lowest BCUT2D eigenvalue weighted by Crippen LogP contribution is -2.39. The Morgan fingerprint density at radius 2 is 1.86 bits per heavy atom. The number of benzene rings is 2. The van der Waals surface area contributed by atoms with Crippen LogP contribution in [0.15, 0.2) is 80.1 Å². The summed E-state index contributed by atoms with van der Waals surface area (Å²) in [4.78, 5) is 46.1. The lowest BCUT2D eigenvalue weighted by molar-refractivity contribution is -0.139. The van der Waals surface area contributed by atoms with E-state index in [2.05, 4.69) is 4.99 Å². The summed E-state index contributed by atoms with van der Waals surface area (Å²) < 4.78 is 18.1. The highest BCUT2D eigenvalue weighted by atomic mass is 35.5. The van der Waals surface area contributed by atoms with Crippen LogP contribution in [0.4, 0.5) is 5.69 Å². The molecule has 5 rings (SSSR count). The largest absolute Gasteiger partial charge is 0.465 e. The van der Waals surface area contributed by atoms with Gasteiger partial charge < -0.3 is 18.8 Å². The van der Waals surface area contributed by atoms with Gasteiger partial charge in [-0.2, -0.15) is 0 Å². The first-order chi connectivity index (χ1) is 20.1. The van der Waals surface area contributed by atoms with Crippen molar-refractivity contribution in [3.8, 4) is 11.3 Å². The van der Waals surface area contributed by atoms with Crippen LogP contribution < -0.4 is 19.8 Å². The quantitative estimate of drug-likeness (QED) is 0.284. The fourth-order valence-corrected chi connectivity index (χ4v) is 5.94. The molecule has 0 amide bonds. The summed E-state index contributed by atoms with van der Waals surface area (Å²) >= 11 is 7.36. The molecule has 0 spiro atoms. The number of ether oxygens (including phenoxy) is 2.